The van der Waals surface area contributed by atoms with Gasteiger partial charge in [0, 0.05) is 22.5 Å². The SMILES string of the molecule is N#CC(CCc1ccc(Cl)cc1)(Cc1cncs1)c1ccccc1. The van der Waals surface area contributed by atoms with Crippen LogP contribution in [0, 0.1) is 11.3 Å². The second-order valence-electron chi connectivity index (χ2n) is 5.83. The molecule has 2 aromatic carbocycles. The van der Waals surface area contributed by atoms with E-state index in [4.69, 9.17) is 11.6 Å². The molecule has 24 heavy (non-hydrogen) atoms. The number of hydrogen-bond donors (Lipinski definition) is 0. The van der Waals surface area contributed by atoms with Crippen LogP contribution in [0.5, 0.6) is 0 Å². The summed E-state index contributed by atoms with van der Waals surface area (Å²) >= 11 is 7.57. The van der Waals surface area contributed by atoms with Crippen LogP contribution >= 0.6 is 22.9 Å². The molecular formula is C20H17ClN2S. The largest absolute Gasteiger partial charge is 0.253 e. The molecule has 0 saturated heterocycles. The van der Waals surface area contributed by atoms with Crippen LogP contribution in [0.2, 0.25) is 5.02 Å². The lowest BCUT2D eigenvalue weighted by atomic mass is 9.74. The van der Waals surface area contributed by atoms with Gasteiger partial charge in [-0.1, -0.05) is 54.1 Å². The van der Waals surface area contributed by atoms with Crippen molar-refractivity contribution < 1.29 is 0 Å². The van der Waals surface area contributed by atoms with Gasteiger partial charge in [-0.25, -0.2) is 0 Å². The highest BCUT2D eigenvalue weighted by atomic mass is 35.5. The fourth-order valence-electron chi connectivity index (χ4n) is 2.89. The van der Waals surface area contributed by atoms with Crippen LogP contribution in [0.1, 0.15) is 22.4 Å². The molecule has 0 radical (unpaired) electrons. The van der Waals surface area contributed by atoms with E-state index in [1.54, 1.807) is 11.3 Å². The van der Waals surface area contributed by atoms with Gasteiger partial charge in [-0.15, -0.1) is 11.3 Å². The number of rotatable bonds is 6. The van der Waals surface area contributed by atoms with Gasteiger partial charge in [-0.2, -0.15) is 5.26 Å². The summed E-state index contributed by atoms with van der Waals surface area (Å²) in [6.07, 6.45) is 4.14. The fraction of sp³-hybridized carbons (Fsp3) is 0.200. The molecule has 0 bridgehead atoms. The molecule has 1 unspecified atom stereocenters. The molecule has 1 atom stereocenters. The van der Waals surface area contributed by atoms with E-state index >= 15 is 0 Å². The first-order valence-corrected chi connectivity index (χ1v) is 9.06. The molecule has 1 heterocycles. The van der Waals surface area contributed by atoms with Gasteiger partial charge in [0.1, 0.15) is 0 Å². The maximum Gasteiger partial charge on any atom is 0.0874 e. The third kappa shape index (κ3) is 3.84. The molecular weight excluding hydrogens is 336 g/mol. The third-order valence-corrected chi connectivity index (χ3v) is 5.29. The maximum absolute atomic E-state index is 10.1. The van der Waals surface area contributed by atoms with Gasteiger partial charge in [0.05, 0.1) is 17.0 Å². The second kappa shape index (κ2) is 7.61. The summed E-state index contributed by atoms with van der Waals surface area (Å²) in [6.45, 7) is 0. The minimum absolute atomic E-state index is 0.548. The lowest BCUT2D eigenvalue weighted by molar-refractivity contribution is 0.502. The lowest BCUT2D eigenvalue weighted by Crippen LogP contribution is -2.27. The number of hydrogen-bond acceptors (Lipinski definition) is 3. The normalized spacial score (nSPS) is 13.2. The molecule has 0 amide bonds. The van der Waals surface area contributed by atoms with Crippen molar-refractivity contribution in [3.8, 4) is 6.07 Å². The molecule has 0 fully saturated rings. The molecule has 0 aliphatic rings. The molecule has 0 aliphatic carbocycles. The summed E-state index contributed by atoms with van der Waals surface area (Å²) in [5.74, 6) is 0. The number of halogens is 1. The molecule has 120 valence electrons. The van der Waals surface area contributed by atoms with Gasteiger partial charge < -0.3 is 0 Å². The highest BCUT2D eigenvalue weighted by Gasteiger charge is 2.32. The van der Waals surface area contributed by atoms with Crippen LogP contribution in [-0.4, -0.2) is 4.98 Å². The van der Waals surface area contributed by atoms with Crippen molar-refractivity contribution in [2.45, 2.75) is 24.7 Å². The van der Waals surface area contributed by atoms with E-state index in [1.165, 1.54) is 5.56 Å². The zero-order valence-electron chi connectivity index (χ0n) is 13.2. The van der Waals surface area contributed by atoms with E-state index in [0.29, 0.717) is 6.42 Å². The van der Waals surface area contributed by atoms with E-state index in [2.05, 4.69) is 11.1 Å². The predicted molar refractivity (Wildman–Crippen MR) is 99.3 cm³/mol. The zero-order chi connectivity index (χ0) is 16.8. The van der Waals surface area contributed by atoms with Crippen LogP contribution in [0.4, 0.5) is 0 Å². The van der Waals surface area contributed by atoms with Crippen molar-refractivity contribution in [2.24, 2.45) is 0 Å². The number of thiazole rings is 1. The molecule has 0 N–H and O–H groups in total. The Hall–Kier alpha value is -2.15. The lowest BCUT2D eigenvalue weighted by Gasteiger charge is -2.27. The first-order valence-electron chi connectivity index (χ1n) is 7.80. The van der Waals surface area contributed by atoms with E-state index in [1.807, 2.05) is 66.3 Å². The Morgan fingerprint density at radius 1 is 1.08 bits per heavy atom. The van der Waals surface area contributed by atoms with Gasteiger partial charge in [0.15, 0.2) is 0 Å². The minimum Gasteiger partial charge on any atom is -0.253 e. The number of benzene rings is 2. The van der Waals surface area contributed by atoms with Crippen LogP contribution in [0.3, 0.4) is 0 Å². The van der Waals surface area contributed by atoms with Crippen molar-refractivity contribution in [1.82, 2.24) is 4.98 Å². The monoisotopic (exact) mass is 352 g/mol. The first-order chi connectivity index (χ1) is 11.7. The van der Waals surface area contributed by atoms with Crippen LogP contribution in [0.15, 0.2) is 66.3 Å². The quantitative estimate of drug-likeness (QED) is 0.592. The van der Waals surface area contributed by atoms with Crippen molar-refractivity contribution in [3.63, 3.8) is 0 Å². The number of nitrogens with zero attached hydrogens (tertiary/aromatic N) is 2. The maximum atomic E-state index is 10.1. The average molecular weight is 353 g/mol. The number of nitriles is 1. The van der Waals surface area contributed by atoms with Gasteiger partial charge in [0.25, 0.3) is 0 Å². The highest BCUT2D eigenvalue weighted by Crippen LogP contribution is 2.34. The Morgan fingerprint density at radius 2 is 1.83 bits per heavy atom. The minimum atomic E-state index is -0.548. The summed E-state index contributed by atoms with van der Waals surface area (Å²) in [5.41, 5.74) is 3.53. The summed E-state index contributed by atoms with van der Waals surface area (Å²) < 4.78 is 0. The van der Waals surface area contributed by atoms with Crippen molar-refractivity contribution in [2.75, 3.05) is 0 Å². The molecule has 3 aromatic rings. The summed E-state index contributed by atoms with van der Waals surface area (Å²) in [5, 5.41) is 10.8. The fourth-order valence-corrected chi connectivity index (χ4v) is 3.72. The smallest absolute Gasteiger partial charge is 0.0874 e. The summed E-state index contributed by atoms with van der Waals surface area (Å²) in [7, 11) is 0. The van der Waals surface area contributed by atoms with E-state index in [9.17, 15) is 5.26 Å². The summed E-state index contributed by atoms with van der Waals surface area (Å²) in [6, 6.07) is 20.5. The topological polar surface area (TPSA) is 36.7 Å². The molecule has 0 aliphatic heterocycles. The Morgan fingerprint density at radius 3 is 2.46 bits per heavy atom. The van der Waals surface area contributed by atoms with Crippen molar-refractivity contribution in [3.05, 3.63) is 87.3 Å². The standard InChI is InChI=1S/C20H17ClN2S/c21-18-8-6-16(7-9-18)10-11-20(14-22,12-19-13-23-15-24-19)17-4-2-1-3-5-17/h1-9,13,15H,10-12H2. The third-order valence-electron chi connectivity index (χ3n) is 4.25. The Kier molecular flexibility index (Phi) is 5.30. The highest BCUT2D eigenvalue weighted by molar-refractivity contribution is 7.09. The van der Waals surface area contributed by atoms with Crippen molar-refractivity contribution in [1.29, 1.82) is 5.26 Å². The average Bonchev–Trinajstić information content (AvgIpc) is 3.14. The predicted octanol–water partition coefficient (Wildman–Crippen LogP) is 5.43. The first kappa shape index (κ1) is 16.7. The molecule has 2 nitrogen and oxygen atoms in total. The van der Waals surface area contributed by atoms with Crippen LogP contribution in [0.25, 0.3) is 0 Å². The Balaban J connectivity index is 1.89. The van der Waals surface area contributed by atoms with E-state index in [-0.39, 0.29) is 0 Å². The molecule has 0 saturated carbocycles. The van der Waals surface area contributed by atoms with Gasteiger partial charge >= 0.3 is 0 Å². The van der Waals surface area contributed by atoms with Gasteiger partial charge in [-0.3, -0.25) is 4.98 Å². The second-order valence-corrected chi connectivity index (χ2v) is 7.24. The van der Waals surface area contributed by atoms with Crippen LogP contribution in [-0.2, 0) is 18.3 Å². The number of aromatic nitrogens is 1. The molecule has 4 heteroatoms. The molecule has 0 spiro atoms. The van der Waals surface area contributed by atoms with Crippen molar-refractivity contribution >= 4 is 22.9 Å². The number of aryl methyl sites for hydroxylation is 1. The molecule has 1 aromatic heterocycles. The van der Waals surface area contributed by atoms with E-state index in [0.717, 1.165) is 28.3 Å². The molecule has 3 rings (SSSR count). The van der Waals surface area contributed by atoms with Gasteiger partial charge in [-0.05, 0) is 36.1 Å². The zero-order valence-corrected chi connectivity index (χ0v) is 14.7. The van der Waals surface area contributed by atoms with Crippen LogP contribution < -0.4 is 0 Å². The Bertz CT molecular complexity index is 807. The van der Waals surface area contributed by atoms with Gasteiger partial charge in [0.2, 0.25) is 0 Å². The summed E-state index contributed by atoms with van der Waals surface area (Å²) in [4.78, 5) is 5.29. The van der Waals surface area contributed by atoms with E-state index < -0.39 is 5.41 Å². The Labute approximate surface area is 151 Å².